The molecule has 254 valence electrons. The summed E-state index contributed by atoms with van der Waals surface area (Å²) >= 11 is 0. The smallest absolute Gasteiger partial charge is 0.161 e. The molecular weight excluding hydrogens is 657 g/mol. The minimum absolute atomic E-state index is 0.170. The van der Waals surface area contributed by atoms with Crippen molar-refractivity contribution >= 4 is 38.1 Å². The third kappa shape index (κ3) is 4.53. The van der Waals surface area contributed by atoms with E-state index in [1.54, 1.807) is 0 Å². The maximum atomic E-state index is 5.43. The minimum atomic E-state index is -0.170. The molecular formula is C50H34N4. The van der Waals surface area contributed by atoms with Crippen LogP contribution in [-0.2, 0) is 5.41 Å². The molecule has 0 spiro atoms. The fourth-order valence-corrected chi connectivity index (χ4v) is 8.81. The third-order valence-corrected chi connectivity index (χ3v) is 11.4. The highest BCUT2D eigenvalue weighted by molar-refractivity contribution is 6.15. The zero-order valence-electron chi connectivity index (χ0n) is 30.0. The second kappa shape index (κ2) is 11.5. The highest BCUT2D eigenvalue weighted by Gasteiger charge is 2.38. The highest BCUT2D eigenvalue weighted by Crippen LogP contribution is 2.53. The molecule has 0 bridgehead atoms. The van der Waals surface area contributed by atoms with E-state index in [2.05, 4.69) is 172 Å². The van der Waals surface area contributed by atoms with Crippen LogP contribution in [0.15, 0.2) is 170 Å². The van der Waals surface area contributed by atoms with Crippen molar-refractivity contribution in [2.45, 2.75) is 19.3 Å². The molecule has 0 unspecified atom stereocenters. The van der Waals surface area contributed by atoms with Crippen molar-refractivity contribution in [2.75, 3.05) is 0 Å². The molecule has 0 atom stereocenters. The van der Waals surface area contributed by atoms with Crippen molar-refractivity contribution < 1.29 is 0 Å². The molecule has 11 rings (SSSR count). The van der Waals surface area contributed by atoms with Gasteiger partial charge in [0, 0.05) is 38.3 Å². The Labute approximate surface area is 313 Å². The molecule has 4 heteroatoms. The Hall–Kier alpha value is -6.91. The number of nitrogens with zero attached hydrogens (tertiary/aromatic N) is 4. The first-order valence-electron chi connectivity index (χ1n) is 18.5. The number of hydrogen-bond donors (Lipinski definition) is 0. The van der Waals surface area contributed by atoms with Crippen LogP contribution < -0.4 is 0 Å². The van der Waals surface area contributed by atoms with E-state index in [4.69, 9.17) is 15.1 Å². The summed E-state index contributed by atoms with van der Waals surface area (Å²) in [5.74, 6) is 0.815. The number of rotatable bonds is 4. The fraction of sp³-hybridized carbons (Fsp3) is 0.0600. The lowest BCUT2D eigenvalue weighted by molar-refractivity contribution is 0.666. The Balaban J connectivity index is 1.05. The minimum Gasteiger partial charge on any atom is -0.247 e. The van der Waals surface area contributed by atoms with Crippen molar-refractivity contribution in [1.82, 2.24) is 19.6 Å². The maximum absolute atomic E-state index is 5.43. The van der Waals surface area contributed by atoms with Crippen molar-refractivity contribution in [2.24, 2.45) is 0 Å². The van der Waals surface area contributed by atoms with Gasteiger partial charge >= 0.3 is 0 Å². The Morgan fingerprint density at radius 3 is 1.96 bits per heavy atom. The van der Waals surface area contributed by atoms with E-state index in [9.17, 15) is 0 Å². The molecule has 0 fully saturated rings. The molecule has 10 aromatic rings. The van der Waals surface area contributed by atoms with Crippen LogP contribution in [0.3, 0.4) is 0 Å². The molecule has 54 heavy (non-hydrogen) atoms. The summed E-state index contributed by atoms with van der Waals surface area (Å²) in [6.45, 7) is 4.72. The van der Waals surface area contributed by atoms with Gasteiger partial charge in [-0.3, -0.25) is 0 Å². The summed E-state index contributed by atoms with van der Waals surface area (Å²) in [6, 6.07) is 60.4. The Morgan fingerprint density at radius 1 is 0.463 bits per heavy atom. The number of aromatic nitrogens is 4. The Kier molecular flexibility index (Phi) is 6.56. The fourth-order valence-electron chi connectivity index (χ4n) is 8.81. The average Bonchev–Trinajstić information content (AvgIpc) is 3.78. The van der Waals surface area contributed by atoms with Gasteiger partial charge in [-0.25, -0.2) is 14.5 Å². The zero-order valence-corrected chi connectivity index (χ0v) is 30.0. The van der Waals surface area contributed by atoms with E-state index in [1.165, 1.54) is 38.4 Å². The van der Waals surface area contributed by atoms with Crippen molar-refractivity contribution in [1.29, 1.82) is 0 Å². The lowest BCUT2D eigenvalue weighted by Crippen LogP contribution is -2.16. The van der Waals surface area contributed by atoms with Gasteiger partial charge in [-0.1, -0.05) is 159 Å². The summed E-state index contributed by atoms with van der Waals surface area (Å²) < 4.78 is 2.00. The number of para-hydroxylation sites is 2. The standard InChI is InChI=1S/C50H34N4/c1-50(2)41-20-9-6-17-36(41)39-28-27-38-37-18-7-10-21-42(37)51-48(46(38)47(39)50)35-16-12-15-34(29-35)31-23-25-33(26-24-31)49-52-43-22-11-8-19-40(43)45-30-44(53-54(45)49)32-13-4-3-5-14-32/h3-30H,1-2H3. The third-order valence-electron chi connectivity index (χ3n) is 11.4. The first-order valence-corrected chi connectivity index (χ1v) is 18.5. The molecule has 0 saturated heterocycles. The first kappa shape index (κ1) is 30.7. The predicted molar refractivity (Wildman–Crippen MR) is 223 cm³/mol. The molecule has 0 N–H and O–H groups in total. The summed E-state index contributed by atoms with van der Waals surface area (Å²) in [7, 11) is 0. The Morgan fingerprint density at radius 2 is 1.13 bits per heavy atom. The summed E-state index contributed by atoms with van der Waals surface area (Å²) in [4.78, 5) is 10.6. The van der Waals surface area contributed by atoms with Crippen LogP contribution in [0.4, 0.5) is 0 Å². The summed E-state index contributed by atoms with van der Waals surface area (Å²) in [6.07, 6.45) is 0. The largest absolute Gasteiger partial charge is 0.247 e. The summed E-state index contributed by atoms with van der Waals surface area (Å²) in [5.41, 5.74) is 15.6. The van der Waals surface area contributed by atoms with Crippen LogP contribution in [0.25, 0.3) is 94.3 Å². The molecule has 4 nitrogen and oxygen atoms in total. The second-order valence-electron chi connectivity index (χ2n) is 14.9. The topological polar surface area (TPSA) is 43.1 Å². The summed E-state index contributed by atoms with van der Waals surface area (Å²) in [5, 5.41) is 9.82. The van der Waals surface area contributed by atoms with E-state index < -0.39 is 0 Å². The predicted octanol–water partition coefficient (Wildman–Crippen LogP) is 12.6. The number of benzene rings is 7. The monoisotopic (exact) mass is 690 g/mol. The highest BCUT2D eigenvalue weighted by atomic mass is 15.3. The quantitative estimate of drug-likeness (QED) is 0.173. The molecule has 0 amide bonds. The van der Waals surface area contributed by atoms with Gasteiger partial charge in [-0.05, 0) is 63.0 Å². The van der Waals surface area contributed by atoms with E-state index in [0.717, 1.165) is 67.0 Å². The average molecular weight is 691 g/mol. The SMILES string of the molecule is CC1(C)c2ccccc2-c2ccc3c(c(-c4cccc(-c5ccc(-c6nc7ccccc7c7cc(-c8ccccc8)nn67)cc5)c4)nc4ccccc43)c21. The van der Waals surface area contributed by atoms with Gasteiger partial charge in [0.05, 0.1) is 27.9 Å². The van der Waals surface area contributed by atoms with Crippen LogP contribution in [0.2, 0.25) is 0 Å². The molecule has 3 aromatic heterocycles. The molecule has 0 saturated carbocycles. The number of fused-ring (bicyclic) bond motifs is 10. The van der Waals surface area contributed by atoms with Gasteiger partial charge in [0.1, 0.15) is 0 Å². The first-order chi connectivity index (χ1) is 26.5. The van der Waals surface area contributed by atoms with Gasteiger partial charge < -0.3 is 0 Å². The van der Waals surface area contributed by atoms with E-state index >= 15 is 0 Å². The van der Waals surface area contributed by atoms with Crippen LogP contribution in [0.1, 0.15) is 25.0 Å². The van der Waals surface area contributed by atoms with Gasteiger partial charge in [-0.15, -0.1) is 0 Å². The van der Waals surface area contributed by atoms with E-state index in [1.807, 2.05) is 16.6 Å². The lowest BCUT2D eigenvalue weighted by Gasteiger charge is -2.25. The van der Waals surface area contributed by atoms with Crippen molar-refractivity contribution in [3.05, 3.63) is 181 Å². The van der Waals surface area contributed by atoms with Gasteiger partial charge in [0.15, 0.2) is 5.82 Å². The van der Waals surface area contributed by atoms with Gasteiger partial charge in [-0.2, -0.15) is 5.10 Å². The van der Waals surface area contributed by atoms with E-state index in [0.29, 0.717) is 0 Å². The second-order valence-corrected chi connectivity index (χ2v) is 14.9. The molecule has 1 aliphatic rings. The van der Waals surface area contributed by atoms with Gasteiger partial charge in [0.25, 0.3) is 0 Å². The molecule has 0 aliphatic heterocycles. The van der Waals surface area contributed by atoms with E-state index in [-0.39, 0.29) is 5.41 Å². The number of pyridine rings is 1. The van der Waals surface area contributed by atoms with Crippen LogP contribution >= 0.6 is 0 Å². The molecule has 3 heterocycles. The number of hydrogen-bond acceptors (Lipinski definition) is 3. The molecule has 7 aromatic carbocycles. The zero-order chi connectivity index (χ0) is 36.0. The maximum Gasteiger partial charge on any atom is 0.161 e. The molecule has 1 aliphatic carbocycles. The lowest BCUT2D eigenvalue weighted by atomic mass is 9.79. The van der Waals surface area contributed by atoms with Crippen molar-refractivity contribution in [3.8, 4) is 56.2 Å². The Bertz CT molecular complexity index is 3120. The van der Waals surface area contributed by atoms with Crippen LogP contribution in [-0.4, -0.2) is 19.6 Å². The normalized spacial score (nSPS) is 13.1. The van der Waals surface area contributed by atoms with Crippen molar-refractivity contribution in [3.63, 3.8) is 0 Å². The molecule has 0 radical (unpaired) electrons. The van der Waals surface area contributed by atoms with Crippen LogP contribution in [0.5, 0.6) is 0 Å². The van der Waals surface area contributed by atoms with Gasteiger partial charge in [0.2, 0.25) is 0 Å². The van der Waals surface area contributed by atoms with Crippen LogP contribution in [0, 0.1) is 0 Å².